The molecule has 1 N–H and O–H groups in total. The standard InChI is InChI=1S/C24H29ClN2O2/c1-16-6-4-9-22(18-7-5-8-19(25)14-18)23(16)26-24(28)29-15-17-12-20-10-11-21(13-17)27(20,2)3/h4-9,14,17,20-21H,10-13,15H2,1-3H3/p+1/t17?,20-,21+. The highest BCUT2D eigenvalue weighted by atomic mass is 35.5. The zero-order valence-corrected chi connectivity index (χ0v) is 18.2. The lowest BCUT2D eigenvalue weighted by molar-refractivity contribution is -0.931. The molecular weight excluding hydrogens is 384 g/mol. The first-order valence-corrected chi connectivity index (χ1v) is 10.8. The lowest BCUT2D eigenvalue weighted by atomic mass is 9.90. The molecule has 2 bridgehead atoms. The number of anilines is 1. The summed E-state index contributed by atoms with van der Waals surface area (Å²) in [6, 6.07) is 15.0. The number of aryl methyl sites for hydroxylation is 1. The fourth-order valence-corrected chi connectivity index (χ4v) is 5.38. The van der Waals surface area contributed by atoms with Gasteiger partial charge in [0.25, 0.3) is 0 Å². The van der Waals surface area contributed by atoms with Crippen molar-refractivity contribution in [1.29, 1.82) is 0 Å². The molecule has 2 saturated heterocycles. The van der Waals surface area contributed by atoms with Crippen molar-refractivity contribution < 1.29 is 14.0 Å². The maximum absolute atomic E-state index is 12.6. The number of carbonyl (C=O) groups is 1. The Bertz CT molecular complexity index is 896. The molecule has 4 nitrogen and oxygen atoms in total. The molecule has 2 fully saturated rings. The van der Waals surface area contributed by atoms with E-state index in [1.54, 1.807) is 0 Å². The van der Waals surface area contributed by atoms with Crippen LogP contribution in [0, 0.1) is 12.8 Å². The molecule has 0 radical (unpaired) electrons. The molecule has 0 spiro atoms. The third-order valence-corrected chi connectivity index (χ3v) is 7.25. The molecule has 29 heavy (non-hydrogen) atoms. The van der Waals surface area contributed by atoms with Gasteiger partial charge < -0.3 is 9.22 Å². The minimum atomic E-state index is -0.380. The normalized spacial score (nSPS) is 24.9. The second-order valence-corrected chi connectivity index (χ2v) is 9.52. The largest absolute Gasteiger partial charge is 0.449 e. The van der Waals surface area contributed by atoms with Crippen LogP contribution < -0.4 is 5.32 Å². The van der Waals surface area contributed by atoms with E-state index < -0.39 is 0 Å². The van der Waals surface area contributed by atoms with Crippen LogP contribution in [0.15, 0.2) is 42.5 Å². The Hall–Kier alpha value is -2.04. The van der Waals surface area contributed by atoms with Crippen LogP contribution in [-0.2, 0) is 4.74 Å². The van der Waals surface area contributed by atoms with Gasteiger partial charge in [0.05, 0.1) is 38.5 Å². The SMILES string of the molecule is Cc1cccc(-c2cccc(Cl)c2)c1NC(=O)OCC1C[C@H]2CC[C@@H](C1)[N+]2(C)C. The van der Waals surface area contributed by atoms with Crippen molar-refractivity contribution in [3.8, 4) is 11.1 Å². The number of hydrogen-bond acceptors (Lipinski definition) is 2. The fraction of sp³-hybridized carbons (Fsp3) is 0.458. The maximum atomic E-state index is 12.6. The van der Waals surface area contributed by atoms with Crippen LogP contribution in [-0.4, -0.2) is 43.4 Å². The maximum Gasteiger partial charge on any atom is 0.411 e. The Morgan fingerprint density at radius 3 is 2.52 bits per heavy atom. The Kier molecular flexibility index (Phi) is 5.58. The van der Waals surface area contributed by atoms with Gasteiger partial charge in [-0.3, -0.25) is 5.32 Å². The molecule has 2 heterocycles. The summed E-state index contributed by atoms with van der Waals surface area (Å²) < 4.78 is 6.80. The quantitative estimate of drug-likeness (QED) is 0.635. The van der Waals surface area contributed by atoms with Crippen LogP contribution in [0.1, 0.15) is 31.2 Å². The topological polar surface area (TPSA) is 38.3 Å². The van der Waals surface area contributed by atoms with Gasteiger partial charge in [0, 0.05) is 42.2 Å². The number of rotatable bonds is 4. The van der Waals surface area contributed by atoms with E-state index in [1.807, 2.05) is 49.4 Å². The van der Waals surface area contributed by atoms with Gasteiger partial charge in [0.15, 0.2) is 0 Å². The fourth-order valence-electron chi connectivity index (χ4n) is 5.19. The second kappa shape index (κ2) is 8.00. The van der Waals surface area contributed by atoms with E-state index in [9.17, 15) is 4.79 Å². The minimum absolute atomic E-state index is 0.380. The lowest BCUT2D eigenvalue weighted by Gasteiger charge is -2.44. The molecule has 2 aromatic carbocycles. The number of halogens is 1. The van der Waals surface area contributed by atoms with E-state index >= 15 is 0 Å². The van der Waals surface area contributed by atoms with Crippen molar-refractivity contribution in [2.75, 3.05) is 26.0 Å². The van der Waals surface area contributed by atoms with E-state index in [1.165, 1.54) is 12.8 Å². The van der Waals surface area contributed by atoms with Gasteiger partial charge >= 0.3 is 6.09 Å². The van der Waals surface area contributed by atoms with Gasteiger partial charge in [-0.2, -0.15) is 0 Å². The molecule has 2 aliphatic rings. The van der Waals surface area contributed by atoms with Crippen LogP contribution in [0.2, 0.25) is 5.02 Å². The summed E-state index contributed by atoms with van der Waals surface area (Å²) in [7, 11) is 4.70. The van der Waals surface area contributed by atoms with E-state index in [4.69, 9.17) is 16.3 Å². The Labute approximate surface area is 178 Å². The average Bonchev–Trinajstić information content (AvgIpc) is 2.85. The third-order valence-electron chi connectivity index (χ3n) is 7.01. The molecule has 154 valence electrons. The number of para-hydroxylation sites is 1. The van der Waals surface area contributed by atoms with Gasteiger partial charge in [-0.15, -0.1) is 0 Å². The van der Waals surface area contributed by atoms with Crippen LogP contribution in [0.25, 0.3) is 11.1 Å². The zero-order valence-electron chi connectivity index (χ0n) is 17.5. The van der Waals surface area contributed by atoms with Gasteiger partial charge in [-0.05, 0) is 30.2 Å². The predicted octanol–water partition coefficient (Wildman–Crippen LogP) is 5.88. The summed E-state index contributed by atoms with van der Waals surface area (Å²) in [4.78, 5) is 12.6. The zero-order chi connectivity index (χ0) is 20.6. The number of fused-ring (bicyclic) bond motifs is 2. The van der Waals surface area contributed by atoms with Crippen molar-refractivity contribution in [2.24, 2.45) is 5.92 Å². The minimum Gasteiger partial charge on any atom is -0.449 e. The first-order chi connectivity index (χ1) is 13.8. The van der Waals surface area contributed by atoms with Crippen molar-refractivity contribution in [1.82, 2.24) is 0 Å². The summed E-state index contributed by atoms with van der Waals surface area (Å²) in [6.07, 6.45) is 4.51. The van der Waals surface area contributed by atoms with Crippen molar-refractivity contribution >= 4 is 23.4 Å². The molecule has 1 amide bonds. The van der Waals surface area contributed by atoms with Crippen molar-refractivity contribution in [2.45, 2.75) is 44.7 Å². The molecule has 0 aromatic heterocycles. The van der Waals surface area contributed by atoms with Crippen LogP contribution in [0.3, 0.4) is 0 Å². The van der Waals surface area contributed by atoms with Crippen LogP contribution in [0.4, 0.5) is 10.5 Å². The Morgan fingerprint density at radius 1 is 1.14 bits per heavy atom. The molecule has 5 heteroatoms. The number of nitrogens with one attached hydrogen (secondary N) is 1. The lowest BCUT2D eigenvalue weighted by Crippen LogP contribution is -2.55. The molecule has 4 rings (SSSR count). The number of benzene rings is 2. The van der Waals surface area contributed by atoms with Gasteiger partial charge in [0.1, 0.15) is 0 Å². The predicted molar refractivity (Wildman–Crippen MR) is 118 cm³/mol. The highest BCUT2D eigenvalue weighted by Gasteiger charge is 2.48. The monoisotopic (exact) mass is 413 g/mol. The van der Waals surface area contributed by atoms with Gasteiger partial charge in [0.2, 0.25) is 0 Å². The average molecular weight is 414 g/mol. The molecule has 2 aliphatic heterocycles. The van der Waals surface area contributed by atoms with E-state index in [-0.39, 0.29) is 6.09 Å². The first kappa shape index (κ1) is 20.2. The number of carbonyl (C=O) groups excluding carboxylic acids is 1. The molecule has 3 atom stereocenters. The highest BCUT2D eigenvalue weighted by Crippen LogP contribution is 2.42. The number of amides is 1. The summed E-state index contributed by atoms with van der Waals surface area (Å²) >= 11 is 6.16. The van der Waals surface area contributed by atoms with Crippen molar-refractivity contribution in [3.05, 3.63) is 53.1 Å². The van der Waals surface area contributed by atoms with E-state index in [0.29, 0.717) is 29.6 Å². The van der Waals surface area contributed by atoms with E-state index in [2.05, 4.69) is 19.4 Å². The molecule has 0 aliphatic carbocycles. The number of ether oxygens (including phenoxy) is 1. The summed E-state index contributed by atoms with van der Waals surface area (Å²) in [5.41, 5.74) is 3.69. The third kappa shape index (κ3) is 4.15. The van der Waals surface area contributed by atoms with Gasteiger partial charge in [-0.1, -0.05) is 41.9 Å². The number of piperidine rings is 1. The molecule has 1 unspecified atom stereocenters. The molecule has 0 saturated carbocycles. The highest BCUT2D eigenvalue weighted by molar-refractivity contribution is 6.30. The van der Waals surface area contributed by atoms with E-state index in [0.717, 1.165) is 39.7 Å². The molecular formula is C24H30ClN2O2+. The summed E-state index contributed by atoms with van der Waals surface area (Å²) in [5, 5.41) is 3.65. The number of nitrogens with zero attached hydrogens (tertiary/aromatic N) is 1. The Balaban J connectivity index is 1.42. The Morgan fingerprint density at radius 2 is 1.83 bits per heavy atom. The molecule has 2 aromatic rings. The number of hydrogen-bond donors (Lipinski definition) is 1. The summed E-state index contributed by atoms with van der Waals surface area (Å²) in [6.45, 7) is 2.49. The van der Waals surface area contributed by atoms with Crippen LogP contribution >= 0.6 is 11.6 Å². The first-order valence-electron chi connectivity index (χ1n) is 10.5. The van der Waals surface area contributed by atoms with Crippen LogP contribution in [0.5, 0.6) is 0 Å². The smallest absolute Gasteiger partial charge is 0.411 e. The summed E-state index contributed by atoms with van der Waals surface area (Å²) in [5.74, 6) is 0.466. The number of quaternary nitrogens is 1. The second-order valence-electron chi connectivity index (χ2n) is 9.08. The van der Waals surface area contributed by atoms with Crippen molar-refractivity contribution in [3.63, 3.8) is 0 Å². The van der Waals surface area contributed by atoms with Gasteiger partial charge in [-0.25, -0.2) is 4.79 Å².